The van der Waals surface area contributed by atoms with Gasteiger partial charge in [-0.2, -0.15) is 0 Å². The summed E-state index contributed by atoms with van der Waals surface area (Å²) in [5.41, 5.74) is 3.59. The number of ether oxygens (including phenoxy) is 2. The summed E-state index contributed by atoms with van der Waals surface area (Å²) in [5.74, 6) is 1.18. The highest BCUT2D eigenvalue weighted by molar-refractivity contribution is 9.10. The van der Waals surface area contributed by atoms with Gasteiger partial charge in [-0.1, -0.05) is 76.3 Å². The van der Waals surface area contributed by atoms with E-state index in [-0.39, 0.29) is 5.91 Å². The van der Waals surface area contributed by atoms with Crippen LogP contribution < -0.4 is 14.4 Å². The summed E-state index contributed by atoms with van der Waals surface area (Å²) in [4.78, 5) is 15.3. The lowest BCUT2D eigenvalue weighted by Crippen LogP contribution is -2.27. The van der Waals surface area contributed by atoms with Crippen molar-refractivity contribution < 1.29 is 14.3 Å². The lowest BCUT2D eigenvalue weighted by atomic mass is 10.0. The Morgan fingerprint density at radius 3 is 2.51 bits per heavy atom. The molecule has 1 aliphatic heterocycles. The maximum atomic E-state index is 13.2. The zero-order valence-corrected chi connectivity index (χ0v) is 22.4. The Morgan fingerprint density at radius 2 is 1.83 bits per heavy atom. The standard InChI is InChI=1S/C28H24BrNO3S2/c1-3-8-21-15-20(16-24(32-4-2)26(21)33-18-19-9-6-5-7-10-19)17-25-27(31)30(28(34)35-25)23-13-11-22(29)12-14-23/h3,5-7,9-17H,1,4,8,18H2,2H3/b25-17-. The number of nitrogens with zero attached hydrogens (tertiary/aromatic N) is 1. The fourth-order valence-electron chi connectivity index (χ4n) is 3.66. The van der Waals surface area contributed by atoms with Crippen molar-refractivity contribution >= 4 is 61.9 Å². The number of anilines is 1. The minimum atomic E-state index is -0.144. The van der Waals surface area contributed by atoms with Gasteiger partial charge >= 0.3 is 0 Å². The van der Waals surface area contributed by atoms with E-state index in [1.54, 1.807) is 4.90 Å². The van der Waals surface area contributed by atoms with Gasteiger partial charge in [-0.05, 0) is 66.9 Å². The number of allylic oxidation sites excluding steroid dienone is 1. The largest absolute Gasteiger partial charge is 0.490 e. The fraction of sp³-hybridized carbons (Fsp3) is 0.143. The predicted molar refractivity (Wildman–Crippen MR) is 152 cm³/mol. The molecule has 0 unspecified atom stereocenters. The van der Waals surface area contributed by atoms with Crippen LogP contribution in [-0.2, 0) is 17.8 Å². The Balaban J connectivity index is 1.66. The molecule has 3 aromatic rings. The van der Waals surface area contributed by atoms with Crippen molar-refractivity contribution in [1.82, 2.24) is 0 Å². The molecule has 0 saturated carbocycles. The Labute approximate surface area is 223 Å². The molecule has 1 heterocycles. The molecule has 1 fully saturated rings. The number of rotatable bonds is 9. The number of hydrogen-bond acceptors (Lipinski definition) is 5. The van der Waals surface area contributed by atoms with Gasteiger partial charge < -0.3 is 9.47 Å². The average Bonchev–Trinajstić information content (AvgIpc) is 3.13. The summed E-state index contributed by atoms with van der Waals surface area (Å²) in [6, 6.07) is 21.4. The van der Waals surface area contributed by atoms with E-state index in [0.29, 0.717) is 40.4 Å². The van der Waals surface area contributed by atoms with Crippen molar-refractivity contribution in [2.45, 2.75) is 20.0 Å². The first-order valence-electron chi connectivity index (χ1n) is 11.1. The van der Waals surface area contributed by atoms with Gasteiger partial charge in [0.05, 0.1) is 17.2 Å². The van der Waals surface area contributed by atoms with Crippen LogP contribution in [-0.4, -0.2) is 16.8 Å². The fourth-order valence-corrected chi connectivity index (χ4v) is 5.23. The van der Waals surface area contributed by atoms with Crippen molar-refractivity contribution in [3.63, 3.8) is 0 Å². The second-order valence-corrected chi connectivity index (χ2v) is 10.3. The maximum absolute atomic E-state index is 13.2. The van der Waals surface area contributed by atoms with Gasteiger partial charge in [0.15, 0.2) is 15.8 Å². The molecule has 4 nitrogen and oxygen atoms in total. The first-order valence-corrected chi connectivity index (χ1v) is 13.1. The van der Waals surface area contributed by atoms with Crippen LogP contribution in [0.15, 0.2) is 88.8 Å². The number of carbonyl (C=O) groups excluding carboxylic acids is 1. The normalized spacial score (nSPS) is 14.5. The first-order chi connectivity index (χ1) is 17.0. The Hall–Kier alpha value is -2.87. The molecular formula is C28H24BrNO3S2. The molecule has 4 rings (SSSR count). The molecule has 7 heteroatoms. The van der Waals surface area contributed by atoms with Crippen LogP contribution in [0.2, 0.25) is 0 Å². The van der Waals surface area contributed by atoms with Gasteiger partial charge in [0.25, 0.3) is 5.91 Å². The van der Waals surface area contributed by atoms with Gasteiger partial charge in [0.1, 0.15) is 6.61 Å². The molecule has 0 radical (unpaired) electrons. The minimum absolute atomic E-state index is 0.144. The molecule has 35 heavy (non-hydrogen) atoms. The molecular weight excluding hydrogens is 542 g/mol. The highest BCUT2D eigenvalue weighted by Crippen LogP contribution is 2.39. The van der Waals surface area contributed by atoms with E-state index in [2.05, 4.69) is 22.5 Å². The van der Waals surface area contributed by atoms with E-state index in [9.17, 15) is 4.79 Å². The van der Waals surface area contributed by atoms with Crippen LogP contribution in [0.5, 0.6) is 11.5 Å². The van der Waals surface area contributed by atoms with Crippen LogP contribution in [0.3, 0.4) is 0 Å². The molecule has 0 spiro atoms. The minimum Gasteiger partial charge on any atom is -0.490 e. The molecule has 178 valence electrons. The third-order valence-corrected chi connectivity index (χ3v) is 7.05. The molecule has 0 N–H and O–H groups in total. The average molecular weight is 567 g/mol. The van der Waals surface area contributed by atoms with E-state index >= 15 is 0 Å². The van der Waals surface area contributed by atoms with Gasteiger partial charge in [-0.3, -0.25) is 9.69 Å². The van der Waals surface area contributed by atoms with E-state index in [0.717, 1.165) is 26.9 Å². The molecule has 0 aromatic heterocycles. The van der Waals surface area contributed by atoms with Gasteiger partial charge in [-0.15, -0.1) is 6.58 Å². The third kappa shape index (κ3) is 6.04. The first kappa shape index (κ1) is 25.2. The van der Waals surface area contributed by atoms with Crippen molar-refractivity contribution in [3.05, 3.63) is 105 Å². The predicted octanol–water partition coefficient (Wildman–Crippen LogP) is 7.56. The number of thioether (sulfide) groups is 1. The highest BCUT2D eigenvalue weighted by Gasteiger charge is 2.33. The third-order valence-electron chi connectivity index (χ3n) is 5.22. The summed E-state index contributed by atoms with van der Waals surface area (Å²) in [7, 11) is 0. The van der Waals surface area contributed by atoms with Gasteiger partial charge in [-0.25, -0.2) is 0 Å². The Kier molecular flexibility index (Phi) is 8.44. The van der Waals surface area contributed by atoms with Crippen LogP contribution >= 0.6 is 39.9 Å². The van der Waals surface area contributed by atoms with E-state index in [4.69, 9.17) is 21.7 Å². The van der Waals surface area contributed by atoms with Crippen LogP contribution in [0.4, 0.5) is 5.69 Å². The molecule has 3 aromatic carbocycles. The van der Waals surface area contributed by atoms with Crippen molar-refractivity contribution in [3.8, 4) is 11.5 Å². The monoisotopic (exact) mass is 565 g/mol. The lowest BCUT2D eigenvalue weighted by molar-refractivity contribution is -0.113. The number of halogens is 1. The summed E-state index contributed by atoms with van der Waals surface area (Å²) in [5, 5.41) is 0. The smallest absolute Gasteiger partial charge is 0.270 e. The number of thiocarbonyl (C=S) groups is 1. The van der Waals surface area contributed by atoms with Crippen molar-refractivity contribution in [1.29, 1.82) is 0 Å². The summed E-state index contributed by atoms with van der Waals surface area (Å²) < 4.78 is 13.6. The second kappa shape index (κ2) is 11.7. The maximum Gasteiger partial charge on any atom is 0.270 e. The summed E-state index contributed by atoms with van der Waals surface area (Å²) >= 11 is 10.2. The molecule has 1 saturated heterocycles. The SMILES string of the molecule is C=CCc1cc(/C=C2\SC(=S)N(c3ccc(Br)cc3)C2=O)cc(OCC)c1OCc1ccccc1. The molecule has 0 aliphatic carbocycles. The van der Waals surface area contributed by atoms with Crippen LogP contribution in [0, 0.1) is 0 Å². The quantitative estimate of drug-likeness (QED) is 0.152. The van der Waals surface area contributed by atoms with E-state index in [1.807, 2.05) is 85.8 Å². The van der Waals surface area contributed by atoms with E-state index in [1.165, 1.54) is 11.8 Å². The molecule has 0 bridgehead atoms. The lowest BCUT2D eigenvalue weighted by Gasteiger charge is -2.17. The Bertz CT molecular complexity index is 1270. The van der Waals surface area contributed by atoms with Crippen molar-refractivity contribution in [2.24, 2.45) is 0 Å². The van der Waals surface area contributed by atoms with Gasteiger partial charge in [0, 0.05) is 10.0 Å². The number of carbonyl (C=O) groups is 1. The summed E-state index contributed by atoms with van der Waals surface area (Å²) in [6.07, 6.45) is 4.29. The van der Waals surface area contributed by atoms with Crippen molar-refractivity contribution in [2.75, 3.05) is 11.5 Å². The van der Waals surface area contributed by atoms with Gasteiger partial charge in [0.2, 0.25) is 0 Å². The topological polar surface area (TPSA) is 38.8 Å². The zero-order chi connectivity index (χ0) is 24.8. The molecule has 1 amide bonds. The van der Waals surface area contributed by atoms with Crippen LogP contribution in [0.1, 0.15) is 23.6 Å². The molecule has 1 aliphatic rings. The number of amides is 1. The summed E-state index contributed by atoms with van der Waals surface area (Å²) in [6.45, 7) is 6.75. The number of hydrogen-bond donors (Lipinski definition) is 0. The second-order valence-electron chi connectivity index (χ2n) is 7.70. The zero-order valence-electron chi connectivity index (χ0n) is 19.2. The molecule has 0 atom stereocenters. The van der Waals surface area contributed by atoms with E-state index < -0.39 is 0 Å². The van der Waals surface area contributed by atoms with Crippen LogP contribution in [0.25, 0.3) is 6.08 Å². The highest BCUT2D eigenvalue weighted by atomic mass is 79.9. The number of benzene rings is 3. The Morgan fingerprint density at radius 1 is 1.09 bits per heavy atom.